The minimum absolute atomic E-state index is 0.224. The van der Waals surface area contributed by atoms with Crippen LogP contribution in [-0.4, -0.2) is 39.2 Å². The maximum Gasteiger partial charge on any atom is 0.305 e. The molecule has 2 rings (SSSR count). The SMILES string of the molecule is CCc1nc(C(=O)NN2CCCCC2)n[nH]1. The van der Waals surface area contributed by atoms with Crippen LogP contribution in [0.25, 0.3) is 0 Å². The first-order valence-corrected chi connectivity index (χ1v) is 5.77. The van der Waals surface area contributed by atoms with Crippen molar-refractivity contribution in [2.75, 3.05) is 13.1 Å². The lowest BCUT2D eigenvalue weighted by Crippen LogP contribution is -2.45. The number of aryl methyl sites for hydroxylation is 1. The molecule has 1 amide bonds. The molecule has 0 atom stereocenters. The fourth-order valence-electron chi connectivity index (χ4n) is 1.75. The van der Waals surface area contributed by atoms with Crippen molar-refractivity contribution in [1.82, 2.24) is 25.6 Å². The highest BCUT2D eigenvalue weighted by Crippen LogP contribution is 2.06. The summed E-state index contributed by atoms with van der Waals surface area (Å²) in [5, 5.41) is 8.55. The second-order valence-electron chi connectivity index (χ2n) is 3.95. The van der Waals surface area contributed by atoms with Gasteiger partial charge in [-0.25, -0.2) is 9.99 Å². The smallest absolute Gasteiger partial charge is 0.282 e. The van der Waals surface area contributed by atoms with Crippen molar-refractivity contribution < 1.29 is 4.79 Å². The van der Waals surface area contributed by atoms with Gasteiger partial charge in [-0.05, 0) is 12.8 Å². The molecule has 1 aromatic heterocycles. The summed E-state index contributed by atoms with van der Waals surface area (Å²) in [5.41, 5.74) is 2.82. The number of carbonyl (C=O) groups is 1. The molecule has 2 heterocycles. The van der Waals surface area contributed by atoms with Gasteiger partial charge in [0.05, 0.1) is 0 Å². The molecule has 1 fully saturated rings. The van der Waals surface area contributed by atoms with Gasteiger partial charge in [-0.3, -0.25) is 15.3 Å². The third-order valence-electron chi connectivity index (χ3n) is 2.69. The fraction of sp³-hybridized carbons (Fsp3) is 0.700. The summed E-state index contributed by atoms with van der Waals surface area (Å²) in [6.45, 7) is 3.79. The van der Waals surface area contributed by atoms with Crippen LogP contribution in [-0.2, 0) is 6.42 Å². The fourth-order valence-corrected chi connectivity index (χ4v) is 1.75. The molecule has 0 radical (unpaired) electrons. The highest BCUT2D eigenvalue weighted by molar-refractivity contribution is 5.89. The van der Waals surface area contributed by atoms with Crippen LogP contribution in [0.15, 0.2) is 0 Å². The number of rotatable bonds is 3. The van der Waals surface area contributed by atoms with Crippen LogP contribution >= 0.6 is 0 Å². The summed E-state index contributed by atoms with van der Waals surface area (Å²) in [4.78, 5) is 15.8. The summed E-state index contributed by atoms with van der Waals surface area (Å²) < 4.78 is 0. The Labute approximate surface area is 94.4 Å². The Morgan fingerprint density at radius 3 is 2.81 bits per heavy atom. The van der Waals surface area contributed by atoms with E-state index in [1.165, 1.54) is 6.42 Å². The van der Waals surface area contributed by atoms with E-state index in [0.29, 0.717) is 0 Å². The predicted octanol–water partition coefficient (Wildman–Crippen LogP) is 0.498. The maximum atomic E-state index is 11.7. The van der Waals surface area contributed by atoms with Gasteiger partial charge in [-0.15, -0.1) is 5.10 Å². The van der Waals surface area contributed by atoms with E-state index < -0.39 is 0 Å². The van der Waals surface area contributed by atoms with Gasteiger partial charge < -0.3 is 0 Å². The minimum Gasteiger partial charge on any atom is -0.282 e. The third-order valence-corrected chi connectivity index (χ3v) is 2.69. The monoisotopic (exact) mass is 223 g/mol. The lowest BCUT2D eigenvalue weighted by molar-refractivity contribution is 0.0739. The van der Waals surface area contributed by atoms with Crippen LogP contribution in [0.1, 0.15) is 42.6 Å². The summed E-state index contributed by atoms with van der Waals surface area (Å²) >= 11 is 0. The number of nitrogens with one attached hydrogen (secondary N) is 2. The normalized spacial score (nSPS) is 17.3. The summed E-state index contributed by atoms with van der Waals surface area (Å²) in [6.07, 6.45) is 4.26. The number of hydrogen-bond acceptors (Lipinski definition) is 4. The van der Waals surface area contributed by atoms with Crippen LogP contribution in [0.4, 0.5) is 0 Å². The van der Waals surface area contributed by atoms with E-state index in [0.717, 1.165) is 38.2 Å². The van der Waals surface area contributed by atoms with Gasteiger partial charge in [-0.2, -0.15) is 0 Å². The molecule has 6 nitrogen and oxygen atoms in total. The van der Waals surface area contributed by atoms with Crippen LogP contribution in [0.3, 0.4) is 0 Å². The van der Waals surface area contributed by atoms with E-state index in [1.807, 2.05) is 11.9 Å². The van der Waals surface area contributed by atoms with Crippen LogP contribution in [0.5, 0.6) is 0 Å². The lowest BCUT2D eigenvalue weighted by atomic mass is 10.2. The largest absolute Gasteiger partial charge is 0.305 e. The Morgan fingerprint density at radius 2 is 2.19 bits per heavy atom. The van der Waals surface area contributed by atoms with E-state index in [9.17, 15) is 4.79 Å². The molecule has 88 valence electrons. The zero-order valence-electron chi connectivity index (χ0n) is 9.49. The maximum absolute atomic E-state index is 11.7. The first-order valence-electron chi connectivity index (χ1n) is 5.77. The first kappa shape index (κ1) is 11.1. The van der Waals surface area contributed by atoms with E-state index in [-0.39, 0.29) is 11.7 Å². The number of piperidine rings is 1. The highest BCUT2D eigenvalue weighted by Gasteiger charge is 2.16. The standard InChI is InChI=1S/C10H17N5O/c1-2-8-11-9(13-12-8)10(16)14-15-6-4-3-5-7-15/h2-7H2,1H3,(H,14,16)(H,11,12,13). The number of hydrogen-bond donors (Lipinski definition) is 2. The molecule has 1 aliphatic rings. The van der Waals surface area contributed by atoms with E-state index in [4.69, 9.17) is 0 Å². The molecule has 0 spiro atoms. The molecule has 0 aromatic carbocycles. The Bertz CT molecular complexity index is 356. The quantitative estimate of drug-likeness (QED) is 0.782. The second kappa shape index (κ2) is 5.07. The van der Waals surface area contributed by atoms with Crippen molar-refractivity contribution in [3.05, 3.63) is 11.6 Å². The van der Waals surface area contributed by atoms with E-state index in [1.54, 1.807) is 0 Å². The number of H-pyrrole nitrogens is 1. The molecule has 0 aliphatic carbocycles. The van der Waals surface area contributed by atoms with Gasteiger partial charge in [0, 0.05) is 19.5 Å². The Hall–Kier alpha value is -1.43. The number of nitrogens with zero attached hydrogens (tertiary/aromatic N) is 3. The lowest BCUT2D eigenvalue weighted by Gasteiger charge is -2.26. The Balaban J connectivity index is 1.91. The molecule has 2 N–H and O–H groups in total. The van der Waals surface area contributed by atoms with Crippen LogP contribution in [0, 0.1) is 0 Å². The van der Waals surface area contributed by atoms with Crippen molar-refractivity contribution >= 4 is 5.91 Å². The van der Waals surface area contributed by atoms with Crippen molar-refractivity contribution in [1.29, 1.82) is 0 Å². The number of amides is 1. The molecule has 1 saturated heterocycles. The number of carbonyl (C=O) groups excluding carboxylic acids is 1. The van der Waals surface area contributed by atoms with Crippen LogP contribution in [0.2, 0.25) is 0 Å². The second-order valence-corrected chi connectivity index (χ2v) is 3.95. The highest BCUT2D eigenvalue weighted by atomic mass is 16.2. The molecule has 0 bridgehead atoms. The molecule has 16 heavy (non-hydrogen) atoms. The van der Waals surface area contributed by atoms with Gasteiger partial charge in [0.25, 0.3) is 0 Å². The van der Waals surface area contributed by atoms with Gasteiger partial charge in [-0.1, -0.05) is 13.3 Å². The van der Waals surface area contributed by atoms with E-state index >= 15 is 0 Å². The van der Waals surface area contributed by atoms with Gasteiger partial charge in [0.1, 0.15) is 5.82 Å². The van der Waals surface area contributed by atoms with Crippen molar-refractivity contribution in [3.63, 3.8) is 0 Å². The van der Waals surface area contributed by atoms with Crippen molar-refractivity contribution in [2.24, 2.45) is 0 Å². The van der Waals surface area contributed by atoms with Gasteiger partial charge >= 0.3 is 5.91 Å². The molecule has 0 saturated carbocycles. The first-order chi connectivity index (χ1) is 7.79. The third kappa shape index (κ3) is 2.57. The number of aromatic nitrogens is 3. The topological polar surface area (TPSA) is 73.9 Å². The molecule has 6 heteroatoms. The Morgan fingerprint density at radius 1 is 1.44 bits per heavy atom. The van der Waals surface area contributed by atoms with E-state index in [2.05, 4.69) is 20.6 Å². The predicted molar refractivity (Wildman–Crippen MR) is 58.7 cm³/mol. The molecule has 0 unspecified atom stereocenters. The van der Waals surface area contributed by atoms with Crippen molar-refractivity contribution in [2.45, 2.75) is 32.6 Å². The average molecular weight is 223 g/mol. The summed E-state index contributed by atoms with van der Waals surface area (Å²) in [6, 6.07) is 0. The van der Waals surface area contributed by atoms with Gasteiger partial charge in [0.15, 0.2) is 0 Å². The minimum atomic E-state index is -0.224. The molecule has 1 aromatic rings. The Kier molecular flexibility index (Phi) is 3.51. The summed E-state index contributed by atoms with van der Waals surface area (Å²) in [5.74, 6) is 0.740. The van der Waals surface area contributed by atoms with Crippen molar-refractivity contribution in [3.8, 4) is 0 Å². The summed E-state index contributed by atoms with van der Waals surface area (Å²) in [7, 11) is 0. The number of aromatic amines is 1. The molecule has 1 aliphatic heterocycles. The zero-order valence-corrected chi connectivity index (χ0v) is 9.49. The van der Waals surface area contributed by atoms with Crippen LogP contribution < -0.4 is 5.43 Å². The van der Waals surface area contributed by atoms with Gasteiger partial charge in [0.2, 0.25) is 5.82 Å². The molecular formula is C10H17N5O. The molecular weight excluding hydrogens is 206 g/mol. The average Bonchev–Trinajstić information content (AvgIpc) is 2.79. The number of hydrazine groups is 1. The zero-order chi connectivity index (χ0) is 11.4.